The topological polar surface area (TPSA) is 93.9 Å². The standard InChI is InChI=1S/C21H33N3O4/c1-2-27-11-12-28-16-19-6-3-5-18(13-19)14-23-21(26)24-10-4-7-17(15-24)8-9-20(22)25/h3,5-6,13,17H,2,4,7-12,14-16H2,1H3,(H2,22,25)(H,23,26). The second kappa shape index (κ2) is 12.4. The van der Waals surface area contributed by atoms with Crippen molar-refractivity contribution < 1.29 is 19.1 Å². The second-order valence-electron chi connectivity index (χ2n) is 7.19. The molecule has 0 bridgehead atoms. The summed E-state index contributed by atoms with van der Waals surface area (Å²) in [5.41, 5.74) is 7.35. The molecular weight excluding hydrogens is 358 g/mol. The van der Waals surface area contributed by atoms with Gasteiger partial charge in [0, 0.05) is 32.7 Å². The van der Waals surface area contributed by atoms with Crippen LogP contribution in [-0.4, -0.2) is 49.7 Å². The molecule has 7 nitrogen and oxygen atoms in total. The minimum absolute atomic E-state index is 0.0536. The second-order valence-corrected chi connectivity index (χ2v) is 7.19. The predicted molar refractivity (Wildman–Crippen MR) is 108 cm³/mol. The minimum atomic E-state index is -0.275. The first-order chi connectivity index (χ1) is 13.6. The number of rotatable bonds is 11. The number of benzene rings is 1. The maximum Gasteiger partial charge on any atom is 0.317 e. The Bertz CT molecular complexity index is 623. The van der Waals surface area contributed by atoms with Gasteiger partial charge in [-0.05, 0) is 43.2 Å². The van der Waals surface area contributed by atoms with Gasteiger partial charge in [-0.15, -0.1) is 0 Å². The maximum atomic E-state index is 12.5. The number of primary amides is 1. The number of urea groups is 1. The Balaban J connectivity index is 1.74. The minimum Gasteiger partial charge on any atom is -0.379 e. The van der Waals surface area contributed by atoms with Crippen LogP contribution in [0.5, 0.6) is 0 Å². The number of nitrogens with two attached hydrogens (primary N) is 1. The molecule has 1 unspecified atom stereocenters. The van der Waals surface area contributed by atoms with E-state index in [1.54, 1.807) is 0 Å². The van der Waals surface area contributed by atoms with Gasteiger partial charge in [0.1, 0.15) is 0 Å². The molecule has 1 atom stereocenters. The molecule has 3 amide bonds. The van der Waals surface area contributed by atoms with Crippen molar-refractivity contribution in [1.82, 2.24) is 10.2 Å². The van der Waals surface area contributed by atoms with E-state index in [0.29, 0.717) is 51.9 Å². The van der Waals surface area contributed by atoms with E-state index >= 15 is 0 Å². The molecule has 156 valence electrons. The van der Waals surface area contributed by atoms with Crippen LogP contribution in [0, 0.1) is 5.92 Å². The molecule has 1 aromatic rings. The van der Waals surface area contributed by atoms with Crippen LogP contribution in [0.1, 0.15) is 43.7 Å². The number of nitrogens with zero attached hydrogens (tertiary/aromatic N) is 1. The molecule has 28 heavy (non-hydrogen) atoms. The van der Waals surface area contributed by atoms with Gasteiger partial charge >= 0.3 is 6.03 Å². The molecule has 1 heterocycles. The van der Waals surface area contributed by atoms with E-state index in [4.69, 9.17) is 15.2 Å². The van der Waals surface area contributed by atoms with Gasteiger partial charge in [-0.2, -0.15) is 0 Å². The van der Waals surface area contributed by atoms with E-state index in [9.17, 15) is 9.59 Å². The van der Waals surface area contributed by atoms with Crippen molar-refractivity contribution in [2.24, 2.45) is 11.7 Å². The lowest BCUT2D eigenvalue weighted by atomic mass is 9.93. The van der Waals surface area contributed by atoms with E-state index in [1.807, 2.05) is 36.1 Å². The first kappa shape index (κ1) is 22.2. The number of nitrogens with one attached hydrogen (secondary N) is 1. The van der Waals surface area contributed by atoms with Crippen molar-refractivity contribution in [2.45, 2.75) is 45.8 Å². The molecule has 0 saturated carbocycles. The summed E-state index contributed by atoms with van der Waals surface area (Å²) in [4.78, 5) is 25.3. The fourth-order valence-electron chi connectivity index (χ4n) is 3.40. The van der Waals surface area contributed by atoms with Crippen LogP contribution in [0.3, 0.4) is 0 Å². The van der Waals surface area contributed by atoms with E-state index < -0.39 is 0 Å². The van der Waals surface area contributed by atoms with Gasteiger partial charge in [-0.1, -0.05) is 24.3 Å². The zero-order valence-electron chi connectivity index (χ0n) is 16.8. The summed E-state index contributed by atoms with van der Waals surface area (Å²) in [6.07, 6.45) is 3.15. The van der Waals surface area contributed by atoms with Crippen molar-refractivity contribution >= 4 is 11.9 Å². The molecule has 1 saturated heterocycles. The number of ether oxygens (including phenoxy) is 2. The van der Waals surface area contributed by atoms with Crippen molar-refractivity contribution in [3.05, 3.63) is 35.4 Å². The molecule has 0 aromatic heterocycles. The highest BCUT2D eigenvalue weighted by atomic mass is 16.5. The van der Waals surface area contributed by atoms with E-state index in [0.717, 1.165) is 36.9 Å². The summed E-state index contributed by atoms with van der Waals surface area (Å²) in [5, 5.41) is 3.00. The van der Waals surface area contributed by atoms with Gasteiger partial charge in [-0.25, -0.2) is 4.79 Å². The Morgan fingerprint density at radius 3 is 2.82 bits per heavy atom. The Labute approximate surface area is 167 Å². The molecule has 7 heteroatoms. The first-order valence-corrected chi connectivity index (χ1v) is 10.1. The van der Waals surface area contributed by atoms with Gasteiger partial charge in [0.15, 0.2) is 0 Å². The molecule has 1 aliphatic rings. The average molecular weight is 392 g/mol. The van der Waals surface area contributed by atoms with Gasteiger partial charge < -0.3 is 25.4 Å². The molecule has 3 N–H and O–H groups in total. The number of hydrogen-bond donors (Lipinski definition) is 2. The highest BCUT2D eigenvalue weighted by Crippen LogP contribution is 2.21. The number of carbonyl (C=O) groups is 2. The number of amides is 3. The van der Waals surface area contributed by atoms with Crippen LogP contribution in [0.2, 0.25) is 0 Å². The van der Waals surface area contributed by atoms with E-state index in [2.05, 4.69) is 5.32 Å². The van der Waals surface area contributed by atoms with Gasteiger partial charge in [0.25, 0.3) is 0 Å². The van der Waals surface area contributed by atoms with Crippen molar-refractivity contribution in [3.8, 4) is 0 Å². The van der Waals surface area contributed by atoms with Gasteiger partial charge in [0.2, 0.25) is 5.91 Å². The number of piperidine rings is 1. The fourth-order valence-corrected chi connectivity index (χ4v) is 3.40. The molecule has 2 rings (SSSR count). The average Bonchev–Trinajstić information content (AvgIpc) is 2.71. The normalized spacial score (nSPS) is 16.8. The van der Waals surface area contributed by atoms with Crippen molar-refractivity contribution in [2.75, 3.05) is 32.9 Å². The summed E-state index contributed by atoms with van der Waals surface area (Å²) in [6, 6.07) is 7.98. The summed E-state index contributed by atoms with van der Waals surface area (Å²) in [6.45, 7) is 6.28. The Morgan fingerprint density at radius 2 is 2.04 bits per heavy atom. The summed E-state index contributed by atoms with van der Waals surface area (Å²) in [5.74, 6) is 0.0764. The smallest absolute Gasteiger partial charge is 0.317 e. The monoisotopic (exact) mass is 391 g/mol. The van der Waals surface area contributed by atoms with Gasteiger partial charge in [-0.3, -0.25) is 4.79 Å². The lowest BCUT2D eigenvalue weighted by Gasteiger charge is -2.32. The molecule has 0 spiro atoms. The van der Waals surface area contributed by atoms with Crippen LogP contribution in [-0.2, 0) is 27.4 Å². The molecule has 0 radical (unpaired) electrons. The third kappa shape index (κ3) is 8.27. The van der Waals surface area contributed by atoms with E-state index in [1.165, 1.54) is 0 Å². The summed E-state index contributed by atoms with van der Waals surface area (Å²) < 4.78 is 10.8. The van der Waals surface area contributed by atoms with Crippen LogP contribution in [0.25, 0.3) is 0 Å². The number of likely N-dealkylation sites (tertiary alicyclic amines) is 1. The first-order valence-electron chi connectivity index (χ1n) is 10.1. The largest absolute Gasteiger partial charge is 0.379 e. The molecular formula is C21H33N3O4. The third-order valence-corrected chi connectivity index (χ3v) is 4.89. The highest BCUT2D eigenvalue weighted by Gasteiger charge is 2.23. The van der Waals surface area contributed by atoms with Crippen molar-refractivity contribution in [3.63, 3.8) is 0 Å². The van der Waals surface area contributed by atoms with Crippen LogP contribution >= 0.6 is 0 Å². The predicted octanol–water partition coefficient (Wildman–Crippen LogP) is 2.43. The number of hydrogen-bond acceptors (Lipinski definition) is 4. The third-order valence-electron chi connectivity index (χ3n) is 4.89. The Kier molecular flexibility index (Phi) is 9.79. The highest BCUT2D eigenvalue weighted by molar-refractivity contribution is 5.74. The zero-order valence-corrected chi connectivity index (χ0v) is 16.8. The summed E-state index contributed by atoms with van der Waals surface area (Å²) >= 11 is 0. The Hall–Kier alpha value is -2.12. The van der Waals surface area contributed by atoms with Gasteiger partial charge in [0.05, 0.1) is 19.8 Å². The SMILES string of the molecule is CCOCCOCc1cccc(CNC(=O)N2CCCC(CCC(N)=O)C2)c1. The van der Waals surface area contributed by atoms with Crippen LogP contribution in [0.4, 0.5) is 4.79 Å². The van der Waals surface area contributed by atoms with E-state index in [-0.39, 0.29) is 11.9 Å². The molecule has 1 fully saturated rings. The molecule has 0 aliphatic carbocycles. The number of carbonyl (C=O) groups excluding carboxylic acids is 2. The molecule has 1 aliphatic heterocycles. The quantitative estimate of drug-likeness (QED) is 0.567. The molecule has 1 aromatic carbocycles. The van der Waals surface area contributed by atoms with Crippen molar-refractivity contribution in [1.29, 1.82) is 0 Å². The Morgan fingerprint density at radius 1 is 1.25 bits per heavy atom. The van der Waals surface area contributed by atoms with Crippen LogP contribution < -0.4 is 11.1 Å². The summed E-state index contributed by atoms with van der Waals surface area (Å²) in [7, 11) is 0. The maximum absolute atomic E-state index is 12.5. The zero-order chi connectivity index (χ0) is 20.2. The lowest BCUT2D eigenvalue weighted by molar-refractivity contribution is -0.118. The van der Waals surface area contributed by atoms with Crippen LogP contribution in [0.15, 0.2) is 24.3 Å². The lowest BCUT2D eigenvalue weighted by Crippen LogP contribution is -2.45. The fraction of sp³-hybridized carbons (Fsp3) is 0.619.